The van der Waals surface area contributed by atoms with Crippen LogP contribution in [0.2, 0.25) is 0 Å². The van der Waals surface area contributed by atoms with Gasteiger partial charge in [0.1, 0.15) is 5.82 Å². The van der Waals surface area contributed by atoms with Gasteiger partial charge in [-0.05, 0) is 24.9 Å². The molecule has 0 amide bonds. The van der Waals surface area contributed by atoms with Crippen molar-refractivity contribution in [3.63, 3.8) is 0 Å². The van der Waals surface area contributed by atoms with Crippen molar-refractivity contribution in [1.29, 1.82) is 0 Å². The van der Waals surface area contributed by atoms with Crippen molar-refractivity contribution in [2.75, 3.05) is 31.7 Å². The molecular formula is C16H21N3O. The van der Waals surface area contributed by atoms with E-state index in [2.05, 4.69) is 41.4 Å². The largest absolute Gasteiger partial charge is 0.377 e. The number of aromatic nitrogens is 1. The second-order valence-corrected chi connectivity index (χ2v) is 5.30. The third-order valence-electron chi connectivity index (χ3n) is 3.86. The summed E-state index contributed by atoms with van der Waals surface area (Å²) in [7, 11) is 1.97. The third-order valence-corrected chi connectivity index (χ3v) is 3.86. The average Bonchev–Trinajstić information content (AvgIpc) is 2.49. The highest BCUT2D eigenvalue weighted by atomic mass is 16.5. The number of benzene rings is 1. The van der Waals surface area contributed by atoms with Gasteiger partial charge in [0.15, 0.2) is 0 Å². The minimum absolute atomic E-state index is 0.370. The van der Waals surface area contributed by atoms with Crippen LogP contribution in [0.5, 0.6) is 0 Å². The molecular weight excluding hydrogens is 250 g/mol. The second-order valence-electron chi connectivity index (χ2n) is 5.30. The van der Waals surface area contributed by atoms with Crippen LogP contribution in [-0.2, 0) is 11.3 Å². The van der Waals surface area contributed by atoms with E-state index >= 15 is 0 Å². The zero-order chi connectivity index (χ0) is 13.9. The maximum absolute atomic E-state index is 5.53. The Hall–Kier alpha value is -1.65. The lowest BCUT2D eigenvalue weighted by atomic mass is 10.1. The molecule has 0 bridgehead atoms. The molecule has 4 nitrogen and oxygen atoms in total. The first-order valence-corrected chi connectivity index (χ1v) is 7.17. The van der Waals surface area contributed by atoms with Crippen LogP contribution < -0.4 is 10.2 Å². The van der Waals surface area contributed by atoms with Crippen molar-refractivity contribution in [1.82, 2.24) is 10.3 Å². The van der Waals surface area contributed by atoms with Crippen LogP contribution in [0.4, 0.5) is 5.82 Å². The molecule has 1 unspecified atom stereocenters. The summed E-state index contributed by atoms with van der Waals surface area (Å²) in [5, 5.41) is 5.72. The number of morpholine rings is 1. The Kier molecular flexibility index (Phi) is 3.85. The number of fused-ring (bicyclic) bond motifs is 1. The number of hydrogen-bond acceptors (Lipinski definition) is 4. The number of pyridine rings is 1. The highest BCUT2D eigenvalue weighted by Gasteiger charge is 2.22. The first-order chi connectivity index (χ1) is 9.81. The molecule has 0 radical (unpaired) electrons. The molecule has 1 fully saturated rings. The molecule has 2 aromatic rings. The Morgan fingerprint density at radius 2 is 2.15 bits per heavy atom. The maximum atomic E-state index is 5.53. The highest BCUT2D eigenvalue weighted by molar-refractivity contribution is 5.94. The quantitative estimate of drug-likeness (QED) is 0.928. The zero-order valence-electron chi connectivity index (χ0n) is 12.1. The van der Waals surface area contributed by atoms with Gasteiger partial charge in [0.25, 0.3) is 0 Å². The van der Waals surface area contributed by atoms with Crippen molar-refractivity contribution >= 4 is 16.6 Å². The van der Waals surface area contributed by atoms with Crippen molar-refractivity contribution in [3.8, 4) is 0 Å². The predicted octanol–water partition coefficient (Wildman–Crippen LogP) is 2.18. The molecule has 0 spiro atoms. The molecule has 0 aliphatic carbocycles. The van der Waals surface area contributed by atoms with Crippen molar-refractivity contribution in [3.05, 3.63) is 36.0 Å². The van der Waals surface area contributed by atoms with Crippen LogP contribution in [0.25, 0.3) is 10.8 Å². The van der Waals surface area contributed by atoms with E-state index in [0.29, 0.717) is 6.04 Å². The maximum Gasteiger partial charge on any atom is 0.136 e. The molecule has 1 atom stereocenters. The van der Waals surface area contributed by atoms with Gasteiger partial charge in [0, 0.05) is 24.7 Å². The van der Waals surface area contributed by atoms with Gasteiger partial charge in [0.2, 0.25) is 0 Å². The monoisotopic (exact) mass is 271 g/mol. The van der Waals surface area contributed by atoms with Crippen LogP contribution in [0.15, 0.2) is 30.5 Å². The lowest BCUT2D eigenvalue weighted by molar-refractivity contribution is 0.0987. The molecule has 1 N–H and O–H groups in total. The summed E-state index contributed by atoms with van der Waals surface area (Å²) in [4.78, 5) is 7.09. The van der Waals surface area contributed by atoms with E-state index in [4.69, 9.17) is 9.72 Å². The molecule has 106 valence electrons. The third kappa shape index (κ3) is 2.37. The van der Waals surface area contributed by atoms with E-state index < -0.39 is 0 Å². The van der Waals surface area contributed by atoms with Gasteiger partial charge in [-0.15, -0.1) is 0 Å². The number of ether oxygens (including phenoxy) is 1. The summed E-state index contributed by atoms with van der Waals surface area (Å²) in [6.45, 7) is 5.49. The number of nitrogens with zero attached hydrogens (tertiary/aromatic N) is 2. The number of rotatable bonds is 3. The summed E-state index contributed by atoms with van der Waals surface area (Å²) in [6, 6.07) is 8.89. The van der Waals surface area contributed by atoms with E-state index in [1.54, 1.807) is 0 Å². The summed E-state index contributed by atoms with van der Waals surface area (Å²) >= 11 is 0. The Morgan fingerprint density at radius 3 is 2.90 bits per heavy atom. The molecule has 1 aliphatic heterocycles. The smallest absolute Gasteiger partial charge is 0.136 e. The summed E-state index contributed by atoms with van der Waals surface area (Å²) < 4.78 is 5.53. The minimum Gasteiger partial charge on any atom is -0.377 e. The Balaban J connectivity index is 2.09. The normalized spacial score (nSPS) is 19.5. The molecule has 20 heavy (non-hydrogen) atoms. The average molecular weight is 271 g/mol. The first-order valence-electron chi connectivity index (χ1n) is 7.17. The van der Waals surface area contributed by atoms with Gasteiger partial charge >= 0.3 is 0 Å². The summed E-state index contributed by atoms with van der Waals surface area (Å²) in [5.41, 5.74) is 1.24. The second kappa shape index (κ2) is 5.77. The van der Waals surface area contributed by atoms with Crippen molar-refractivity contribution in [2.45, 2.75) is 19.5 Å². The van der Waals surface area contributed by atoms with E-state index in [1.807, 2.05) is 13.2 Å². The SMILES string of the molecule is CNCc1cnc(N2CCOCC2C)c2ccccc12. The van der Waals surface area contributed by atoms with E-state index in [-0.39, 0.29) is 0 Å². The van der Waals surface area contributed by atoms with Crippen LogP contribution in [0.1, 0.15) is 12.5 Å². The van der Waals surface area contributed by atoms with Gasteiger partial charge < -0.3 is 15.0 Å². The lowest BCUT2D eigenvalue weighted by Crippen LogP contribution is -2.44. The van der Waals surface area contributed by atoms with Crippen molar-refractivity contribution in [2.24, 2.45) is 0 Å². The molecule has 1 saturated heterocycles. The number of anilines is 1. The fourth-order valence-corrected chi connectivity index (χ4v) is 2.84. The zero-order valence-corrected chi connectivity index (χ0v) is 12.1. The van der Waals surface area contributed by atoms with E-state index in [9.17, 15) is 0 Å². The minimum atomic E-state index is 0.370. The van der Waals surface area contributed by atoms with Gasteiger partial charge in [-0.25, -0.2) is 4.98 Å². The molecule has 1 aromatic carbocycles. The Bertz CT molecular complexity index is 599. The van der Waals surface area contributed by atoms with Crippen LogP contribution >= 0.6 is 0 Å². The van der Waals surface area contributed by atoms with Crippen LogP contribution in [0, 0.1) is 0 Å². The highest BCUT2D eigenvalue weighted by Crippen LogP contribution is 2.29. The van der Waals surface area contributed by atoms with Gasteiger partial charge in [0.05, 0.1) is 19.3 Å². The Morgan fingerprint density at radius 1 is 1.35 bits per heavy atom. The molecule has 4 heteroatoms. The lowest BCUT2D eigenvalue weighted by Gasteiger charge is -2.35. The summed E-state index contributed by atoms with van der Waals surface area (Å²) in [5.74, 6) is 1.08. The summed E-state index contributed by atoms with van der Waals surface area (Å²) in [6.07, 6.45) is 2.00. The topological polar surface area (TPSA) is 37.4 Å². The number of nitrogens with one attached hydrogen (secondary N) is 1. The van der Waals surface area contributed by atoms with Crippen LogP contribution in [-0.4, -0.2) is 37.8 Å². The van der Waals surface area contributed by atoms with Crippen LogP contribution in [0.3, 0.4) is 0 Å². The molecule has 1 aliphatic rings. The fraction of sp³-hybridized carbons (Fsp3) is 0.438. The van der Waals surface area contributed by atoms with E-state index in [1.165, 1.54) is 16.3 Å². The predicted molar refractivity (Wildman–Crippen MR) is 82.1 cm³/mol. The van der Waals surface area contributed by atoms with E-state index in [0.717, 1.165) is 32.1 Å². The van der Waals surface area contributed by atoms with Crippen molar-refractivity contribution < 1.29 is 4.74 Å². The van der Waals surface area contributed by atoms with Gasteiger partial charge in [-0.3, -0.25) is 0 Å². The van der Waals surface area contributed by atoms with Gasteiger partial charge in [-0.2, -0.15) is 0 Å². The number of hydrogen-bond donors (Lipinski definition) is 1. The molecule has 2 heterocycles. The standard InChI is InChI=1S/C16H21N3O/c1-12-11-20-8-7-19(12)16-15-6-4-3-5-14(15)13(9-17-2)10-18-16/h3-6,10,12,17H,7-9,11H2,1-2H3. The molecule has 0 saturated carbocycles. The molecule has 3 rings (SSSR count). The fourth-order valence-electron chi connectivity index (χ4n) is 2.84. The molecule has 1 aromatic heterocycles. The Labute approximate surface area is 119 Å². The van der Waals surface area contributed by atoms with Gasteiger partial charge in [-0.1, -0.05) is 24.3 Å². The first kappa shape index (κ1) is 13.3.